The van der Waals surface area contributed by atoms with Gasteiger partial charge in [0.15, 0.2) is 0 Å². The molecule has 0 radical (unpaired) electrons. The molecule has 0 atom stereocenters. The van der Waals surface area contributed by atoms with Gasteiger partial charge in [0.05, 0.1) is 11.4 Å². The largest absolute Gasteiger partial charge is 0.356 e. The van der Waals surface area contributed by atoms with Gasteiger partial charge >= 0.3 is 0 Å². The maximum absolute atomic E-state index is 12.5. The first-order valence-corrected chi connectivity index (χ1v) is 9.31. The van der Waals surface area contributed by atoms with Crippen LogP contribution < -0.4 is 21.5 Å². The Kier molecular flexibility index (Phi) is 5.97. The molecule has 0 unspecified atom stereocenters. The highest BCUT2D eigenvalue weighted by Gasteiger charge is 2.15. The number of piperazine rings is 1. The number of likely N-dealkylation sites (N-methyl/N-ethyl adjacent to an activating group) is 1. The number of nitrogens with one attached hydrogen (secondary N) is 2. The fraction of sp³-hybridized carbons (Fsp3) is 0.333. The number of nitrogens with two attached hydrogens (primary N) is 1. The van der Waals surface area contributed by atoms with E-state index in [0.717, 1.165) is 36.9 Å². The van der Waals surface area contributed by atoms with Crippen molar-refractivity contribution in [2.75, 3.05) is 50.0 Å². The summed E-state index contributed by atoms with van der Waals surface area (Å²) in [5.74, 6) is 0.609. The van der Waals surface area contributed by atoms with E-state index in [9.17, 15) is 9.59 Å². The van der Waals surface area contributed by atoms with Crippen LogP contribution in [0.3, 0.4) is 0 Å². The van der Waals surface area contributed by atoms with Crippen LogP contribution >= 0.6 is 11.8 Å². The number of carbonyl (C=O) groups is 1. The first-order chi connectivity index (χ1) is 12.5. The van der Waals surface area contributed by atoms with Crippen LogP contribution in [0.2, 0.25) is 0 Å². The average molecular weight is 373 g/mol. The first kappa shape index (κ1) is 18.5. The summed E-state index contributed by atoms with van der Waals surface area (Å²) in [6.45, 7) is 3.72. The van der Waals surface area contributed by atoms with E-state index in [2.05, 4.69) is 27.1 Å². The van der Waals surface area contributed by atoms with Crippen molar-refractivity contribution in [3.8, 4) is 0 Å². The molecule has 1 amide bonds. The summed E-state index contributed by atoms with van der Waals surface area (Å²) in [4.78, 5) is 32.8. The molecule has 0 bridgehead atoms. The van der Waals surface area contributed by atoms with E-state index in [0.29, 0.717) is 10.6 Å². The summed E-state index contributed by atoms with van der Waals surface area (Å²) in [5, 5.41) is 2.71. The number of carbonyl (C=O) groups excluding carboxylic acids is 1. The highest BCUT2D eigenvalue weighted by atomic mass is 32.2. The fourth-order valence-electron chi connectivity index (χ4n) is 2.74. The Morgan fingerprint density at radius 2 is 2.00 bits per heavy atom. The smallest absolute Gasteiger partial charge is 0.263 e. The van der Waals surface area contributed by atoms with Gasteiger partial charge in [0.2, 0.25) is 5.91 Å². The second-order valence-corrected chi connectivity index (χ2v) is 7.32. The van der Waals surface area contributed by atoms with Gasteiger partial charge in [-0.25, -0.2) is 0 Å². The number of aromatic nitrogens is 1. The van der Waals surface area contributed by atoms with Crippen LogP contribution in [0.25, 0.3) is 0 Å². The highest BCUT2D eigenvalue weighted by molar-refractivity contribution is 7.99. The Labute approximate surface area is 156 Å². The van der Waals surface area contributed by atoms with Gasteiger partial charge in [-0.15, -0.1) is 0 Å². The number of benzene rings is 1. The molecule has 2 aromatic rings. The van der Waals surface area contributed by atoms with E-state index in [1.165, 1.54) is 11.8 Å². The third-order valence-electron chi connectivity index (χ3n) is 4.23. The van der Waals surface area contributed by atoms with Crippen LogP contribution in [0.15, 0.2) is 51.0 Å². The molecule has 7 nitrogen and oxygen atoms in total. The first-order valence-electron chi connectivity index (χ1n) is 8.50. The van der Waals surface area contributed by atoms with Crippen molar-refractivity contribution in [2.45, 2.75) is 9.79 Å². The summed E-state index contributed by atoms with van der Waals surface area (Å²) in [6, 6.07) is 11.2. The Morgan fingerprint density at radius 3 is 2.69 bits per heavy atom. The number of nitrogens with zero attached hydrogens (tertiary/aromatic N) is 2. The molecule has 1 aliphatic heterocycles. The number of hydrogen-bond donors (Lipinski definition) is 3. The summed E-state index contributed by atoms with van der Waals surface area (Å²) in [7, 11) is 2.10. The minimum absolute atomic E-state index is 0.0647. The van der Waals surface area contributed by atoms with Crippen molar-refractivity contribution in [3.63, 3.8) is 0 Å². The van der Waals surface area contributed by atoms with Crippen LogP contribution in [-0.4, -0.2) is 55.6 Å². The van der Waals surface area contributed by atoms with Gasteiger partial charge in [0, 0.05) is 36.8 Å². The molecule has 1 aromatic heterocycles. The fourth-order valence-corrected chi connectivity index (χ4v) is 3.60. The Morgan fingerprint density at radius 1 is 1.23 bits per heavy atom. The van der Waals surface area contributed by atoms with Crippen LogP contribution in [-0.2, 0) is 4.79 Å². The van der Waals surface area contributed by atoms with E-state index in [-0.39, 0.29) is 18.0 Å². The minimum Gasteiger partial charge on any atom is -0.356 e. The van der Waals surface area contributed by atoms with E-state index in [4.69, 9.17) is 5.73 Å². The zero-order chi connectivity index (χ0) is 18.5. The number of amides is 1. The van der Waals surface area contributed by atoms with Gasteiger partial charge in [0.1, 0.15) is 5.82 Å². The molecule has 1 fully saturated rings. The molecule has 2 heterocycles. The Balaban J connectivity index is 1.71. The lowest BCUT2D eigenvalue weighted by molar-refractivity contribution is -0.114. The van der Waals surface area contributed by atoms with Crippen molar-refractivity contribution in [2.24, 2.45) is 5.73 Å². The highest BCUT2D eigenvalue weighted by Crippen LogP contribution is 2.27. The van der Waals surface area contributed by atoms with Gasteiger partial charge in [-0.2, -0.15) is 0 Å². The topological polar surface area (TPSA) is 94.5 Å². The SMILES string of the molecule is CN1CCN(c2ccc(Sc3cccc(NC(=O)CN)c3)c(=O)[nH]2)CC1. The zero-order valence-corrected chi connectivity index (χ0v) is 15.5. The maximum atomic E-state index is 12.5. The molecule has 138 valence electrons. The van der Waals surface area contributed by atoms with Gasteiger partial charge < -0.3 is 25.8 Å². The normalized spacial score (nSPS) is 15.1. The van der Waals surface area contributed by atoms with Crippen LogP contribution in [0.1, 0.15) is 0 Å². The third-order valence-corrected chi connectivity index (χ3v) is 5.26. The van der Waals surface area contributed by atoms with E-state index < -0.39 is 0 Å². The molecule has 1 aromatic carbocycles. The molecule has 0 aliphatic carbocycles. The van der Waals surface area contributed by atoms with E-state index in [1.54, 1.807) is 6.07 Å². The molecule has 0 spiro atoms. The summed E-state index contributed by atoms with van der Waals surface area (Å²) >= 11 is 1.37. The third kappa shape index (κ3) is 4.66. The lowest BCUT2D eigenvalue weighted by Crippen LogP contribution is -2.45. The molecule has 0 saturated carbocycles. The second kappa shape index (κ2) is 8.39. The van der Waals surface area contributed by atoms with Crippen molar-refractivity contribution >= 4 is 29.2 Å². The van der Waals surface area contributed by atoms with Gasteiger partial charge in [-0.05, 0) is 37.4 Å². The lowest BCUT2D eigenvalue weighted by Gasteiger charge is -2.33. The van der Waals surface area contributed by atoms with Gasteiger partial charge in [-0.1, -0.05) is 17.8 Å². The molecule has 3 rings (SSSR count). The van der Waals surface area contributed by atoms with Crippen molar-refractivity contribution in [3.05, 3.63) is 46.8 Å². The summed E-state index contributed by atoms with van der Waals surface area (Å²) < 4.78 is 0. The number of hydrogen-bond acceptors (Lipinski definition) is 6. The minimum atomic E-state index is -0.249. The quantitative estimate of drug-likeness (QED) is 0.728. The summed E-state index contributed by atoms with van der Waals surface area (Å²) in [5.41, 5.74) is 5.87. The molecular formula is C18H23N5O2S. The maximum Gasteiger partial charge on any atom is 0.263 e. The molecule has 1 saturated heterocycles. The standard InChI is InChI=1S/C18H23N5O2S/c1-22-7-9-23(10-8-22)16-6-5-15(18(25)21-16)26-14-4-2-3-13(11-14)20-17(24)12-19/h2-6,11H,7-10,12,19H2,1H3,(H,20,24)(H,21,25). The number of pyridine rings is 1. The molecular weight excluding hydrogens is 350 g/mol. The van der Waals surface area contributed by atoms with E-state index in [1.807, 2.05) is 30.3 Å². The molecule has 26 heavy (non-hydrogen) atoms. The molecule has 8 heteroatoms. The van der Waals surface area contributed by atoms with Crippen molar-refractivity contribution < 1.29 is 4.79 Å². The predicted octanol–water partition coefficient (Wildman–Crippen LogP) is 1.18. The predicted molar refractivity (Wildman–Crippen MR) is 105 cm³/mol. The van der Waals surface area contributed by atoms with Crippen molar-refractivity contribution in [1.82, 2.24) is 9.88 Å². The van der Waals surface area contributed by atoms with Crippen LogP contribution in [0.4, 0.5) is 11.5 Å². The van der Waals surface area contributed by atoms with Crippen molar-refractivity contribution in [1.29, 1.82) is 0 Å². The van der Waals surface area contributed by atoms with Gasteiger partial charge in [-0.3, -0.25) is 9.59 Å². The second-order valence-electron chi connectivity index (χ2n) is 6.21. The monoisotopic (exact) mass is 373 g/mol. The number of rotatable bonds is 5. The molecule has 1 aliphatic rings. The average Bonchev–Trinajstić information content (AvgIpc) is 2.64. The van der Waals surface area contributed by atoms with E-state index >= 15 is 0 Å². The lowest BCUT2D eigenvalue weighted by atomic mass is 10.3. The molecule has 4 N–H and O–H groups in total. The number of aromatic amines is 1. The van der Waals surface area contributed by atoms with Gasteiger partial charge in [0.25, 0.3) is 5.56 Å². The number of H-pyrrole nitrogens is 1. The summed E-state index contributed by atoms with van der Waals surface area (Å²) in [6.07, 6.45) is 0. The van der Waals surface area contributed by atoms with Crippen LogP contribution in [0.5, 0.6) is 0 Å². The zero-order valence-electron chi connectivity index (χ0n) is 14.7. The number of anilines is 2. The van der Waals surface area contributed by atoms with Crippen LogP contribution in [0, 0.1) is 0 Å². The Hall–Kier alpha value is -2.29. The Bertz CT molecular complexity index is 830.